The molecule has 1 N–H and O–H groups in total. The summed E-state index contributed by atoms with van der Waals surface area (Å²) in [6.45, 7) is 12.1. The number of nitrogens with one attached hydrogen (secondary N) is 1. The molecule has 3 heteroatoms. The second-order valence-electron chi connectivity index (χ2n) is 5.74. The van der Waals surface area contributed by atoms with Crippen LogP contribution in [0.5, 0.6) is 0 Å². The molecule has 0 aromatic heterocycles. The normalized spacial score (nSPS) is 31.4. The van der Waals surface area contributed by atoms with Crippen molar-refractivity contribution in [3.63, 3.8) is 0 Å². The first-order valence-electron chi connectivity index (χ1n) is 7.50. The summed E-state index contributed by atoms with van der Waals surface area (Å²) in [5.41, 5.74) is 0. The van der Waals surface area contributed by atoms with Crippen molar-refractivity contribution < 1.29 is 0 Å². The Morgan fingerprint density at radius 1 is 1.18 bits per heavy atom. The molecule has 2 aliphatic heterocycles. The van der Waals surface area contributed by atoms with Gasteiger partial charge in [-0.1, -0.05) is 13.3 Å². The van der Waals surface area contributed by atoms with E-state index in [4.69, 9.17) is 0 Å². The van der Waals surface area contributed by atoms with Crippen LogP contribution in [0.3, 0.4) is 0 Å². The lowest BCUT2D eigenvalue weighted by Crippen LogP contribution is -2.59. The Kier molecular flexibility index (Phi) is 5.26. The van der Waals surface area contributed by atoms with Crippen LogP contribution in [0.4, 0.5) is 0 Å². The van der Waals surface area contributed by atoms with Crippen LogP contribution >= 0.6 is 0 Å². The molecular formula is C14H29N3. The van der Waals surface area contributed by atoms with Crippen molar-refractivity contribution in [1.29, 1.82) is 0 Å². The van der Waals surface area contributed by atoms with E-state index in [1.807, 2.05) is 0 Å². The summed E-state index contributed by atoms with van der Waals surface area (Å²) < 4.78 is 0. The zero-order valence-electron chi connectivity index (χ0n) is 11.6. The van der Waals surface area contributed by atoms with Gasteiger partial charge in [0.15, 0.2) is 0 Å². The second kappa shape index (κ2) is 6.72. The second-order valence-corrected chi connectivity index (χ2v) is 5.74. The molecule has 100 valence electrons. The van der Waals surface area contributed by atoms with Gasteiger partial charge in [0.25, 0.3) is 0 Å². The predicted octanol–water partition coefficient (Wildman–Crippen LogP) is 1.54. The summed E-state index contributed by atoms with van der Waals surface area (Å²) >= 11 is 0. The number of piperidine rings is 1. The molecule has 2 saturated heterocycles. The highest BCUT2D eigenvalue weighted by atomic mass is 15.3. The number of piperazine rings is 1. The molecule has 2 atom stereocenters. The third-order valence-corrected chi connectivity index (χ3v) is 4.32. The number of hydrogen-bond donors (Lipinski definition) is 1. The Hall–Kier alpha value is -0.120. The van der Waals surface area contributed by atoms with E-state index in [0.29, 0.717) is 0 Å². The van der Waals surface area contributed by atoms with Crippen LogP contribution in [0.25, 0.3) is 0 Å². The molecule has 17 heavy (non-hydrogen) atoms. The molecule has 2 rings (SSSR count). The lowest BCUT2D eigenvalue weighted by atomic mass is 9.97. The van der Waals surface area contributed by atoms with Gasteiger partial charge in [-0.15, -0.1) is 0 Å². The van der Waals surface area contributed by atoms with E-state index in [-0.39, 0.29) is 0 Å². The highest BCUT2D eigenvalue weighted by molar-refractivity contribution is 4.89. The minimum Gasteiger partial charge on any atom is -0.315 e. The largest absolute Gasteiger partial charge is 0.315 e. The lowest BCUT2D eigenvalue weighted by Gasteiger charge is -2.47. The molecule has 0 radical (unpaired) electrons. The van der Waals surface area contributed by atoms with Crippen LogP contribution in [-0.2, 0) is 0 Å². The minimum atomic E-state index is 0.743. The first-order chi connectivity index (χ1) is 8.31. The Bertz CT molecular complexity index is 220. The molecule has 2 fully saturated rings. The molecule has 0 aromatic carbocycles. The van der Waals surface area contributed by atoms with Crippen LogP contribution in [0.15, 0.2) is 0 Å². The smallest absolute Gasteiger partial charge is 0.0223 e. The maximum atomic E-state index is 3.52. The van der Waals surface area contributed by atoms with Gasteiger partial charge in [-0.05, 0) is 39.3 Å². The van der Waals surface area contributed by atoms with Crippen molar-refractivity contribution in [2.75, 3.05) is 39.3 Å². The van der Waals surface area contributed by atoms with Gasteiger partial charge in [-0.3, -0.25) is 9.80 Å². The zero-order chi connectivity index (χ0) is 12.1. The summed E-state index contributed by atoms with van der Waals surface area (Å²) in [5.74, 6) is 0. The van der Waals surface area contributed by atoms with E-state index in [2.05, 4.69) is 29.0 Å². The fourth-order valence-corrected chi connectivity index (χ4v) is 3.25. The molecule has 0 spiro atoms. The van der Waals surface area contributed by atoms with Gasteiger partial charge in [0, 0.05) is 38.3 Å². The van der Waals surface area contributed by atoms with Crippen LogP contribution in [-0.4, -0.2) is 61.2 Å². The van der Waals surface area contributed by atoms with Crippen LogP contribution in [0, 0.1) is 0 Å². The fourth-order valence-electron chi connectivity index (χ4n) is 3.25. The Balaban J connectivity index is 1.74. The average molecular weight is 239 g/mol. The highest BCUT2D eigenvalue weighted by Gasteiger charge is 2.32. The van der Waals surface area contributed by atoms with Crippen molar-refractivity contribution >= 4 is 0 Å². The molecule has 3 nitrogen and oxygen atoms in total. The molecule has 2 unspecified atom stereocenters. The number of nitrogens with zero attached hydrogens (tertiary/aromatic N) is 2. The number of hydrogen-bond acceptors (Lipinski definition) is 3. The van der Waals surface area contributed by atoms with Gasteiger partial charge in [0.05, 0.1) is 0 Å². The fraction of sp³-hybridized carbons (Fsp3) is 1.00. The van der Waals surface area contributed by atoms with Crippen molar-refractivity contribution in [1.82, 2.24) is 15.1 Å². The van der Waals surface area contributed by atoms with E-state index < -0.39 is 0 Å². The van der Waals surface area contributed by atoms with Gasteiger partial charge < -0.3 is 5.32 Å². The molecule has 2 aliphatic rings. The number of rotatable bonds is 5. The minimum absolute atomic E-state index is 0.743. The van der Waals surface area contributed by atoms with Crippen molar-refractivity contribution in [3.8, 4) is 0 Å². The summed E-state index contributed by atoms with van der Waals surface area (Å²) in [5, 5.41) is 3.52. The highest BCUT2D eigenvalue weighted by Crippen LogP contribution is 2.23. The first-order valence-corrected chi connectivity index (χ1v) is 7.50. The average Bonchev–Trinajstić information content (AvgIpc) is 2.35. The lowest BCUT2D eigenvalue weighted by molar-refractivity contribution is 0.0161. The molecule has 0 saturated carbocycles. The summed E-state index contributed by atoms with van der Waals surface area (Å²) in [6.07, 6.45) is 5.52. The van der Waals surface area contributed by atoms with E-state index in [0.717, 1.165) is 25.2 Å². The summed E-state index contributed by atoms with van der Waals surface area (Å²) in [4.78, 5) is 5.42. The predicted molar refractivity (Wildman–Crippen MR) is 73.4 cm³/mol. The van der Waals surface area contributed by atoms with Gasteiger partial charge in [-0.25, -0.2) is 0 Å². The maximum Gasteiger partial charge on any atom is 0.0223 e. The maximum absolute atomic E-state index is 3.52. The van der Waals surface area contributed by atoms with Gasteiger partial charge in [0.2, 0.25) is 0 Å². The Labute approximate surface area is 107 Å². The van der Waals surface area contributed by atoms with E-state index in [9.17, 15) is 0 Å². The van der Waals surface area contributed by atoms with E-state index >= 15 is 0 Å². The zero-order valence-corrected chi connectivity index (χ0v) is 11.6. The SMILES string of the molecule is CCCNCCN1CC2CCCCN2CC1C. The van der Waals surface area contributed by atoms with E-state index in [1.165, 1.54) is 51.9 Å². The quantitative estimate of drug-likeness (QED) is 0.734. The third kappa shape index (κ3) is 3.67. The third-order valence-electron chi connectivity index (χ3n) is 4.32. The molecule has 0 aromatic rings. The van der Waals surface area contributed by atoms with Crippen molar-refractivity contribution in [2.24, 2.45) is 0 Å². The molecule has 0 aliphatic carbocycles. The van der Waals surface area contributed by atoms with Gasteiger partial charge in [0.1, 0.15) is 0 Å². The monoisotopic (exact) mass is 239 g/mol. The number of fused-ring (bicyclic) bond motifs is 1. The summed E-state index contributed by atoms with van der Waals surface area (Å²) in [6, 6.07) is 1.60. The summed E-state index contributed by atoms with van der Waals surface area (Å²) in [7, 11) is 0. The van der Waals surface area contributed by atoms with Crippen LogP contribution < -0.4 is 5.32 Å². The Morgan fingerprint density at radius 3 is 2.88 bits per heavy atom. The molecule has 2 heterocycles. The van der Waals surface area contributed by atoms with E-state index in [1.54, 1.807) is 0 Å². The standard InChI is InChI=1S/C14H29N3/c1-3-7-15-8-10-16-12-14-6-4-5-9-17(14)11-13(16)2/h13-15H,3-12H2,1-2H3. The molecule has 0 bridgehead atoms. The molecular weight excluding hydrogens is 210 g/mol. The van der Waals surface area contributed by atoms with Crippen molar-refractivity contribution in [3.05, 3.63) is 0 Å². The Morgan fingerprint density at radius 2 is 2.06 bits per heavy atom. The molecule has 0 amide bonds. The topological polar surface area (TPSA) is 18.5 Å². The first kappa shape index (κ1) is 13.3. The van der Waals surface area contributed by atoms with Crippen molar-refractivity contribution in [2.45, 2.75) is 51.6 Å². The van der Waals surface area contributed by atoms with Crippen LogP contribution in [0.2, 0.25) is 0 Å². The van der Waals surface area contributed by atoms with Gasteiger partial charge >= 0.3 is 0 Å². The van der Waals surface area contributed by atoms with Crippen LogP contribution in [0.1, 0.15) is 39.5 Å². The van der Waals surface area contributed by atoms with Gasteiger partial charge in [-0.2, -0.15) is 0 Å².